The standard InChI is InChI=1S/C16H25NS/c1-2-12-5-3-6-14(11-12)17-16(13-8-9-13)15-7-4-10-18-15/h4,7,10,12-14,16-17H,2-3,5-6,8-9,11H2,1H3. The lowest BCUT2D eigenvalue weighted by atomic mass is 9.84. The molecule has 3 atom stereocenters. The zero-order chi connectivity index (χ0) is 12.4. The van der Waals surface area contributed by atoms with Gasteiger partial charge in [-0.05, 0) is 49.0 Å². The summed E-state index contributed by atoms with van der Waals surface area (Å²) in [6.45, 7) is 2.35. The highest BCUT2D eigenvalue weighted by molar-refractivity contribution is 7.10. The molecular weight excluding hydrogens is 238 g/mol. The lowest BCUT2D eigenvalue weighted by molar-refractivity contribution is 0.256. The van der Waals surface area contributed by atoms with Gasteiger partial charge in [-0.15, -0.1) is 11.3 Å². The molecule has 0 radical (unpaired) electrons. The van der Waals surface area contributed by atoms with Crippen molar-refractivity contribution >= 4 is 11.3 Å². The lowest BCUT2D eigenvalue weighted by Crippen LogP contribution is -2.37. The van der Waals surface area contributed by atoms with Gasteiger partial charge < -0.3 is 5.32 Å². The minimum Gasteiger partial charge on any atom is -0.306 e. The summed E-state index contributed by atoms with van der Waals surface area (Å²) < 4.78 is 0. The van der Waals surface area contributed by atoms with Gasteiger partial charge in [0.2, 0.25) is 0 Å². The van der Waals surface area contributed by atoms with Gasteiger partial charge in [-0.25, -0.2) is 0 Å². The zero-order valence-corrected chi connectivity index (χ0v) is 12.2. The Kier molecular flexibility index (Phi) is 4.05. The fraction of sp³-hybridized carbons (Fsp3) is 0.750. The van der Waals surface area contributed by atoms with Gasteiger partial charge >= 0.3 is 0 Å². The van der Waals surface area contributed by atoms with Crippen molar-refractivity contribution < 1.29 is 0 Å². The smallest absolute Gasteiger partial charge is 0.0445 e. The van der Waals surface area contributed by atoms with Crippen LogP contribution in [0.5, 0.6) is 0 Å². The van der Waals surface area contributed by atoms with E-state index in [1.165, 1.54) is 44.9 Å². The molecule has 18 heavy (non-hydrogen) atoms. The minimum atomic E-state index is 0.658. The van der Waals surface area contributed by atoms with Gasteiger partial charge in [0.25, 0.3) is 0 Å². The molecular formula is C16H25NS. The quantitative estimate of drug-likeness (QED) is 0.808. The zero-order valence-electron chi connectivity index (χ0n) is 11.4. The molecule has 1 nitrogen and oxygen atoms in total. The summed E-state index contributed by atoms with van der Waals surface area (Å²) >= 11 is 1.93. The van der Waals surface area contributed by atoms with Gasteiger partial charge in [0.15, 0.2) is 0 Å². The fourth-order valence-corrected chi connectivity index (χ4v) is 4.29. The monoisotopic (exact) mass is 263 g/mol. The first-order chi connectivity index (χ1) is 8.86. The molecule has 2 heteroatoms. The van der Waals surface area contributed by atoms with Crippen molar-refractivity contribution in [3.63, 3.8) is 0 Å². The van der Waals surface area contributed by atoms with Gasteiger partial charge in [-0.3, -0.25) is 0 Å². The van der Waals surface area contributed by atoms with Gasteiger partial charge in [0, 0.05) is 17.0 Å². The van der Waals surface area contributed by atoms with Crippen LogP contribution >= 0.6 is 11.3 Å². The SMILES string of the molecule is CCC1CCCC(NC(c2cccs2)C2CC2)C1. The molecule has 2 aliphatic rings. The topological polar surface area (TPSA) is 12.0 Å². The van der Waals surface area contributed by atoms with E-state index in [1.54, 1.807) is 4.88 Å². The Hall–Kier alpha value is -0.340. The molecule has 0 bridgehead atoms. The molecule has 0 amide bonds. The third-order valence-corrected chi connectivity index (χ3v) is 5.67. The van der Waals surface area contributed by atoms with E-state index >= 15 is 0 Å². The number of thiophene rings is 1. The normalized spacial score (nSPS) is 30.3. The van der Waals surface area contributed by atoms with Gasteiger partial charge in [0.1, 0.15) is 0 Å². The van der Waals surface area contributed by atoms with Crippen LogP contribution < -0.4 is 5.32 Å². The Labute approximate surface area is 115 Å². The Morgan fingerprint density at radius 1 is 1.33 bits per heavy atom. The van der Waals surface area contributed by atoms with E-state index in [2.05, 4.69) is 29.8 Å². The predicted octanol–water partition coefficient (Wildman–Crippen LogP) is 4.76. The molecule has 0 spiro atoms. The highest BCUT2D eigenvalue weighted by atomic mass is 32.1. The Balaban J connectivity index is 1.62. The second-order valence-electron chi connectivity index (χ2n) is 6.13. The largest absolute Gasteiger partial charge is 0.306 e. The van der Waals surface area contributed by atoms with Crippen LogP contribution in [0.3, 0.4) is 0 Å². The second kappa shape index (κ2) is 5.75. The van der Waals surface area contributed by atoms with Gasteiger partial charge in [-0.1, -0.05) is 32.3 Å². The van der Waals surface area contributed by atoms with Crippen molar-refractivity contribution in [3.05, 3.63) is 22.4 Å². The van der Waals surface area contributed by atoms with Crippen molar-refractivity contribution in [1.29, 1.82) is 0 Å². The first-order valence-electron chi connectivity index (χ1n) is 7.66. The molecule has 3 rings (SSSR count). The van der Waals surface area contributed by atoms with Gasteiger partial charge in [-0.2, -0.15) is 0 Å². The van der Waals surface area contributed by atoms with E-state index in [9.17, 15) is 0 Å². The molecule has 1 heterocycles. The van der Waals surface area contributed by atoms with Crippen molar-refractivity contribution in [2.24, 2.45) is 11.8 Å². The molecule has 0 aliphatic heterocycles. The summed E-state index contributed by atoms with van der Waals surface area (Å²) in [5.74, 6) is 1.89. The van der Waals surface area contributed by atoms with Crippen molar-refractivity contribution in [1.82, 2.24) is 5.32 Å². The van der Waals surface area contributed by atoms with Crippen molar-refractivity contribution in [3.8, 4) is 0 Å². The first kappa shape index (κ1) is 12.7. The molecule has 0 aromatic carbocycles. The van der Waals surface area contributed by atoms with E-state index in [1.807, 2.05) is 11.3 Å². The van der Waals surface area contributed by atoms with Crippen LogP contribution in [0.15, 0.2) is 17.5 Å². The van der Waals surface area contributed by atoms with E-state index in [-0.39, 0.29) is 0 Å². The summed E-state index contributed by atoms with van der Waals surface area (Å²) in [4.78, 5) is 1.57. The average molecular weight is 263 g/mol. The van der Waals surface area contributed by atoms with Crippen molar-refractivity contribution in [2.75, 3.05) is 0 Å². The molecule has 3 unspecified atom stereocenters. The summed E-state index contributed by atoms with van der Waals surface area (Å²) in [6.07, 6.45) is 9.92. The Morgan fingerprint density at radius 3 is 2.89 bits per heavy atom. The van der Waals surface area contributed by atoms with Crippen LogP contribution in [0, 0.1) is 11.8 Å². The van der Waals surface area contributed by atoms with E-state index in [4.69, 9.17) is 0 Å². The van der Waals surface area contributed by atoms with Crippen LogP contribution in [0.1, 0.15) is 62.8 Å². The summed E-state index contributed by atoms with van der Waals surface area (Å²) in [5.41, 5.74) is 0. The van der Waals surface area contributed by atoms with E-state index in [0.717, 1.165) is 17.9 Å². The maximum absolute atomic E-state index is 4.00. The molecule has 1 aromatic rings. The predicted molar refractivity (Wildman–Crippen MR) is 79.0 cm³/mol. The highest BCUT2D eigenvalue weighted by Crippen LogP contribution is 2.43. The maximum atomic E-state index is 4.00. The lowest BCUT2D eigenvalue weighted by Gasteiger charge is -2.32. The second-order valence-corrected chi connectivity index (χ2v) is 7.11. The Morgan fingerprint density at radius 2 is 2.22 bits per heavy atom. The van der Waals surface area contributed by atoms with Gasteiger partial charge in [0.05, 0.1) is 0 Å². The number of nitrogens with one attached hydrogen (secondary N) is 1. The highest BCUT2D eigenvalue weighted by Gasteiger charge is 2.35. The first-order valence-corrected chi connectivity index (χ1v) is 8.54. The fourth-order valence-electron chi connectivity index (χ4n) is 3.42. The minimum absolute atomic E-state index is 0.658. The third kappa shape index (κ3) is 2.97. The van der Waals surface area contributed by atoms with Crippen LogP contribution in [-0.2, 0) is 0 Å². The van der Waals surface area contributed by atoms with E-state index in [0.29, 0.717) is 6.04 Å². The Bertz CT molecular complexity index is 355. The third-order valence-electron chi connectivity index (χ3n) is 4.72. The van der Waals surface area contributed by atoms with Crippen LogP contribution in [0.4, 0.5) is 0 Å². The van der Waals surface area contributed by atoms with E-state index < -0.39 is 0 Å². The molecule has 1 aromatic heterocycles. The maximum Gasteiger partial charge on any atom is 0.0445 e. The molecule has 2 fully saturated rings. The van der Waals surface area contributed by atoms with Crippen LogP contribution in [0.25, 0.3) is 0 Å². The summed E-state index contributed by atoms with van der Waals surface area (Å²) in [6, 6.07) is 5.95. The van der Waals surface area contributed by atoms with Crippen LogP contribution in [0.2, 0.25) is 0 Å². The molecule has 0 saturated heterocycles. The number of hydrogen-bond donors (Lipinski definition) is 1. The molecule has 1 N–H and O–H groups in total. The number of hydrogen-bond acceptors (Lipinski definition) is 2. The molecule has 2 aliphatic carbocycles. The van der Waals surface area contributed by atoms with Crippen molar-refractivity contribution in [2.45, 2.75) is 64.0 Å². The summed E-state index contributed by atoms with van der Waals surface area (Å²) in [5, 5.41) is 6.22. The van der Waals surface area contributed by atoms with Crippen LogP contribution in [-0.4, -0.2) is 6.04 Å². The summed E-state index contributed by atoms with van der Waals surface area (Å²) in [7, 11) is 0. The molecule has 2 saturated carbocycles. The molecule has 100 valence electrons. The average Bonchev–Trinajstić information content (AvgIpc) is 3.11. The number of rotatable bonds is 5.